The van der Waals surface area contributed by atoms with Crippen LogP contribution in [0.5, 0.6) is 0 Å². The van der Waals surface area contributed by atoms with Crippen molar-refractivity contribution in [3.63, 3.8) is 0 Å². The molecule has 0 unspecified atom stereocenters. The SMILES string of the molecule is O=C(c1ccc2c(ccn2S(=O)(=O)c2ccccc2)c1)N1CC(N2CC(N3Cc4ccccc4C3=O)C2)C1. The van der Waals surface area contributed by atoms with Gasteiger partial charge in [0, 0.05) is 61.5 Å². The smallest absolute Gasteiger partial charge is 0.268 e. The zero-order chi connectivity index (χ0) is 26.0. The second-order valence-electron chi connectivity index (χ2n) is 10.3. The monoisotopic (exact) mass is 526 g/mol. The molecule has 0 aliphatic carbocycles. The van der Waals surface area contributed by atoms with Crippen LogP contribution in [0.3, 0.4) is 0 Å². The Morgan fingerprint density at radius 3 is 2.32 bits per heavy atom. The summed E-state index contributed by atoms with van der Waals surface area (Å²) in [6.07, 6.45) is 1.53. The summed E-state index contributed by atoms with van der Waals surface area (Å²) in [5.74, 6) is 0.0699. The number of carbonyl (C=O) groups excluding carboxylic acids is 2. The van der Waals surface area contributed by atoms with E-state index in [1.807, 2.05) is 34.1 Å². The zero-order valence-electron chi connectivity index (χ0n) is 20.6. The molecule has 0 atom stereocenters. The van der Waals surface area contributed by atoms with E-state index in [4.69, 9.17) is 0 Å². The Morgan fingerprint density at radius 1 is 0.816 bits per heavy atom. The first-order chi connectivity index (χ1) is 18.4. The maximum absolute atomic E-state index is 13.1. The molecule has 4 heterocycles. The predicted molar refractivity (Wildman–Crippen MR) is 142 cm³/mol. The molecule has 0 N–H and O–H groups in total. The van der Waals surface area contributed by atoms with Crippen LogP contribution in [-0.4, -0.2) is 77.2 Å². The van der Waals surface area contributed by atoms with Crippen molar-refractivity contribution >= 4 is 32.7 Å². The second-order valence-corrected chi connectivity index (χ2v) is 12.1. The lowest BCUT2D eigenvalue weighted by Gasteiger charge is -2.53. The Kier molecular flexibility index (Phi) is 5.21. The molecular formula is C29H26N4O4S. The summed E-state index contributed by atoms with van der Waals surface area (Å²) in [7, 11) is -3.72. The normalized spacial score (nSPS) is 18.5. The third-order valence-corrected chi connectivity index (χ3v) is 9.75. The number of hydrogen-bond acceptors (Lipinski definition) is 5. The van der Waals surface area contributed by atoms with Crippen LogP contribution >= 0.6 is 0 Å². The quantitative estimate of drug-likeness (QED) is 0.399. The summed E-state index contributed by atoms with van der Waals surface area (Å²) >= 11 is 0. The van der Waals surface area contributed by atoms with E-state index in [-0.39, 0.29) is 22.8 Å². The van der Waals surface area contributed by atoms with Gasteiger partial charge in [-0.15, -0.1) is 0 Å². The van der Waals surface area contributed by atoms with Crippen LogP contribution in [0.1, 0.15) is 26.3 Å². The summed E-state index contributed by atoms with van der Waals surface area (Å²) < 4.78 is 27.4. The standard InChI is InChI=1S/C29H26N4O4S/c34-28(21-10-11-27-20(14-21)12-13-33(27)38(36,37)25-7-2-1-3-8-25)31-16-23(17-31)30-18-24(19-30)32-15-22-6-4-5-9-26(22)29(32)35/h1-14,23-24H,15-19H2. The van der Waals surface area contributed by atoms with Crippen LogP contribution < -0.4 is 0 Å². The molecule has 9 heteroatoms. The molecule has 7 rings (SSSR count). The van der Waals surface area contributed by atoms with Crippen molar-refractivity contribution in [3.8, 4) is 0 Å². The van der Waals surface area contributed by atoms with Crippen molar-refractivity contribution < 1.29 is 18.0 Å². The highest BCUT2D eigenvalue weighted by atomic mass is 32.2. The molecular weight excluding hydrogens is 500 g/mol. The Labute approximate surface area is 220 Å². The van der Waals surface area contributed by atoms with Crippen LogP contribution in [0.4, 0.5) is 0 Å². The lowest BCUT2D eigenvalue weighted by Crippen LogP contribution is -2.70. The maximum Gasteiger partial charge on any atom is 0.268 e. The third kappa shape index (κ3) is 3.57. The van der Waals surface area contributed by atoms with Crippen LogP contribution in [0.15, 0.2) is 90.0 Å². The van der Waals surface area contributed by atoms with E-state index in [1.54, 1.807) is 54.6 Å². The fourth-order valence-corrected chi connectivity index (χ4v) is 7.13. The van der Waals surface area contributed by atoms with Gasteiger partial charge in [-0.3, -0.25) is 14.5 Å². The number of benzene rings is 3. The van der Waals surface area contributed by atoms with Gasteiger partial charge >= 0.3 is 0 Å². The van der Waals surface area contributed by atoms with Gasteiger partial charge in [-0.1, -0.05) is 36.4 Å². The third-order valence-electron chi connectivity index (χ3n) is 8.05. The molecule has 192 valence electrons. The van der Waals surface area contributed by atoms with Crippen molar-refractivity contribution in [1.29, 1.82) is 0 Å². The number of fused-ring (bicyclic) bond motifs is 2. The first-order valence-corrected chi connectivity index (χ1v) is 14.2. The predicted octanol–water partition coefficient (Wildman–Crippen LogP) is 3.04. The first kappa shape index (κ1) is 23.2. The Balaban J connectivity index is 0.982. The van der Waals surface area contributed by atoms with E-state index in [9.17, 15) is 18.0 Å². The molecule has 2 saturated heterocycles. The van der Waals surface area contributed by atoms with Crippen LogP contribution in [0.2, 0.25) is 0 Å². The molecule has 4 aromatic rings. The highest BCUT2D eigenvalue weighted by Gasteiger charge is 2.45. The first-order valence-electron chi connectivity index (χ1n) is 12.7. The van der Waals surface area contributed by atoms with Gasteiger partial charge < -0.3 is 9.80 Å². The van der Waals surface area contributed by atoms with Crippen LogP contribution in [0.25, 0.3) is 10.9 Å². The van der Waals surface area contributed by atoms with Gasteiger partial charge in [0.05, 0.1) is 16.5 Å². The fraction of sp³-hybridized carbons (Fsp3) is 0.241. The topological polar surface area (TPSA) is 82.9 Å². The van der Waals surface area contributed by atoms with E-state index in [0.29, 0.717) is 42.1 Å². The molecule has 8 nitrogen and oxygen atoms in total. The summed E-state index contributed by atoms with van der Waals surface area (Å²) in [5, 5.41) is 0.703. The van der Waals surface area contributed by atoms with Gasteiger partial charge in [-0.25, -0.2) is 12.4 Å². The Hall–Kier alpha value is -3.95. The van der Waals surface area contributed by atoms with E-state index in [2.05, 4.69) is 4.90 Å². The second kappa shape index (κ2) is 8.54. The van der Waals surface area contributed by atoms with Crippen molar-refractivity contribution in [2.45, 2.75) is 23.5 Å². The minimum atomic E-state index is -3.72. The molecule has 1 aromatic heterocycles. The molecule has 0 spiro atoms. The minimum Gasteiger partial charge on any atom is -0.335 e. The highest BCUT2D eigenvalue weighted by molar-refractivity contribution is 7.90. The van der Waals surface area contributed by atoms with Crippen molar-refractivity contribution in [3.05, 3.63) is 102 Å². The number of likely N-dealkylation sites (tertiary alicyclic amines) is 2. The minimum absolute atomic E-state index is 0.0518. The van der Waals surface area contributed by atoms with Crippen molar-refractivity contribution in [1.82, 2.24) is 18.7 Å². The van der Waals surface area contributed by atoms with Gasteiger partial charge in [0.15, 0.2) is 0 Å². The van der Waals surface area contributed by atoms with Gasteiger partial charge in [-0.2, -0.15) is 0 Å². The van der Waals surface area contributed by atoms with Crippen LogP contribution in [-0.2, 0) is 16.6 Å². The molecule has 2 amide bonds. The number of hydrogen-bond donors (Lipinski definition) is 0. The highest BCUT2D eigenvalue weighted by Crippen LogP contribution is 2.31. The Morgan fingerprint density at radius 2 is 1.55 bits per heavy atom. The summed E-state index contributed by atoms with van der Waals surface area (Å²) in [5.41, 5.74) is 3.00. The molecule has 3 aromatic carbocycles. The molecule has 0 bridgehead atoms. The van der Waals surface area contributed by atoms with Gasteiger partial charge in [-0.05, 0) is 48.0 Å². The zero-order valence-corrected chi connectivity index (χ0v) is 21.4. The van der Waals surface area contributed by atoms with Gasteiger partial charge in [0.1, 0.15) is 0 Å². The molecule has 0 radical (unpaired) electrons. The Bertz CT molecular complexity index is 1690. The molecule has 38 heavy (non-hydrogen) atoms. The summed E-state index contributed by atoms with van der Waals surface area (Å²) in [6.45, 7) is 3.66. The number of carbonyl (C=O) groups is 2. The molecule has 0 saturated carbocycles. The van der Waals surface area contributed by atoms with Gasteiger partial charge in [0.2, 0.25) is 0 Å². The van der Waals surface area contributed by atoms with E-state index in [0.717, 1.165) is 24.2 Å². The summed E-state index contributed by atoms with van der Waals surface area (Å²) in [6, 6.07) is 23.5. The van der Waals surface area contributed by atoms with Crippen LogP contribution in [0, 0.1) is 0 Å². The lowest BCUT2D eigenvalue weighted by molar-refractivity contribution is -0.0364. The molecule has 3 aliphatic heterocycles. The largest absolute Gasteiger partial charge is 0.335 e. The van der Waals surface area contributed by atoms with E-state index >= 15 is 0 Å². The van der Waals surface area contributed by atoms with E-state index in [1.165, 1.54) is 10.2 Å². The average molecular weight is 527 g/mol. The number of rotatable bonds is 5. The molecule has 3 aliphatic rings. The lowest BCUT2D eigenvalue weighted by atomic mass is 9.97. The summed E-state index contributed by atoms with van der Waals surface area (Å²) in [4.78, 5) is 32.2. The number of aromatic nitrogens is 1. The van der Waals surface area contributed by atoms with Crippen molar-refractivity contribution in [2.24, 2.45) is 0 Å². The van der Waals surface area contributed by atoms with Gasteiger partial charge in [0.25, 0.3) is 21.8 Å². The van der Waals surface area contributed by atoms with E-state index < -0.39 is 10.0 Å². The maximum atomic E-state index is 13.1. The number of amides is 2. The fourth-order valence-electron chi connectivity index (χ4n) is 5.76. The number of nitrogens with zero attached hydrogens (tertiary/aromatic N) is 4. The molecule has 2 fully saturated rings. The van der Waals surface area contributed by atoms with Crippen molar-refractivity contribution in [2.75, 3.05) is 26.2 Å². The average Bonchev–Trinajstić information content (AvgIpc) is 3.46.